The molecule has 6 nitrogen and oxygen atoms in total. The molecule has 0 saturated heterocycles. The molecule has 0 spiro atoms. The standard InChI is InChI=1S/C16H20N2O4S/c1-10-4-3-5-11-13(10)14-15(23-11)17-9-18(16(14)20)8-12(19)22-7-6-21-2/h9-10H,3-8H2,1-2H3. The van der Waals surface area contributed by atoms with Crippen molar-refractivity contribution in [2.75, 3.05) is 20.3 Å². The number of hydrogen-bond acceptors (Lipinski definition) is 6. The van der Waals surface area contributed by atoms with E-state index in [1.165, 1.54) is 22.9 Å². The molecule has 3 rings (SSSR count). The zero-order valence-corrected chi connectivity index (χ0v) is 14.1. The van der Waals surface area contributed by atoms with Gasteiger partial charge in [-0.05, 0) is 30.7 Å². The number of carbonyl (C=O) groups is 1. The number of aromatic nitrogens is 2. The first-order valence-electron chi connectivity index (χ1n) is 7.77. The van der Waals surface area contributed by atoms with E-state index in [2.05, 4.69) is 11.9 Å². The van der Waals surface area contributed by atoms with Gasteiger partial charge in [0.05, 0.1) is 18.3 Å². The van der Waals surface area contributed by atoms with E-state index in [4.69, 9.17) is 9.47 Å². The van der Waals surface area contributed by atoms with Crippen molar-refractivity contribution in [2.24, 2.45) is 0 Å². The Morgan fingerprint density at radius 3 is 3.09 bits per heavy atom. The number of methoxy groups -OCH3 is 1. The highest BCUT2D eigenvalue weighted by molar-refractivity contribution is 7.18. The van der Waals surface area contributed by atoms with Crippen LogP contribution in [0, 0.1) is 0 Å². The maximum atomic E-state index is 12.8. The van der Waals surface area contributed by atoms with Crippen LogP contribution in [-0.4, -0.2) is 35.8 Å². The predicted molar refractivity (Wildman–Crippen MR) is 88.1 cm³/mol. The second kappa shape index (κ2) is 6.80. The molecule has 23 heavy (non-hydrogen) atoms. The van der Waals surface area contributed by atoms with Crippen molar-refractivity contribution < 1.29 is 14.3 Å². The van der Waals surface area contributed by atoms with Gasteiger partial charge in [-0.2, -0.15) is 0 Å². The minimum atomic E-state index is -0.456. The number of hydrogen-bond donors (Lipinski definition) is 0. The lowest BCUT2D eigenvalue weighted by Gasteiger charge is -2.18. The molecular weight excluding hydrogens is 316 g/mol. The summed E-state index contributed by atoms with van der Waals surface area (Å²) in [6.45, 7) is 2.56. The Morgan fingerprint density at radius 1 is 1.48 bits per heavy atom. The molecule has 2 aromatic rings. The van der Waals surface area contributed by atoms with E-state index >= 15 is 0 Å². The Labute approximate surface area is 138 Å². The smallest absolute Gasteiger partial charge is 0.326 e. The van der Waals surface area contributed by atoms with Gasteiger partial charge in [0.25, 0.3) is 5.56 Å². The van der Waals surface area contributed by atoms with Crippen molar-refractivity contribution in [2.45, 2.75) is 38.6 Å². The zero-order chi connectivity index (χ0) is 16.4. The lowest BCUT2D eigenvalue weighted by molar-refractivity contribution is -0.145. The first kappa shape index (κ1) is 16.1. The summed E-state index contributed by atoms with van der Waals surface area (Å²) in [6.07, 6.45) is 4.70. The summed E-state index contributed by atoms with van der Waals surface area (Å²) in [5, 5.41) is 0.685. The minimum Gasteiger partial charge on any atom is -0.462 e. The van der Waals surface area contributed by atoms with E-state index in [9.17, 15) is 9.59 Å². The van der Waals surface area contributed by atoms with Crippen molar-refractivity contribution in [3.05, 3.63) is 27.1 Å². The van der Waals surface area contributed by atoms with E-state index in [0.717, 1.165) is 29.7 Å². The van der Waals surface area contributed by atoms with Crippen LogP contribution in [0.15, 0.2) is 11.1 Å². The van der Waals surface area contributed by atoms with Gasteiger partial charge in [0, 0.05) is 12.0 Å². The first-order chi connectivity index (χ1) is 11.1. The van der Waals surface area contributed by atoms with Gasteiger partial charge in [-0.25, -0.2) is 4.98 Å². The number of aryl methyl sites for hydroxylation is 1. The van der Waals surface area contributed by atoms with Gasteiger partial charge in [0.1, 0.15) is 18.0 Å². The fourth-order valence-electron chi connectivity index (χ4n) is 3.05. The number of nitrogens with zero attached hydrogens (tertiary/aromatic N) is 2. The summed E-state index contributed by atoms with van der Waals surface area (Å²) in [7, 11) is 1.54. The number of rotatable bonds is 5. The quantitative estimate of drug-likeness (QED) is 0.618. The number of esters is 1. The fraction of sp³-hybridized carbons (Fsp3) is 0.562. The van der Waals surface area contributed by atoms with Gasteiger partial charge in [-0.1, -0.05) is 6.92 Å². The Bertz CT molecular complexity index is 780. The Balaban J connectivity index is 1.91. The van der Waals surface area contributed by atoms with E-state index in [0.29, 0.717) is 17.9 Å². The molecule has 0 aromatic carbocycles. The number of thiophene rings is 1. The maximum absolute atomic E-state index is 12.8. The normalized spacial score (nSPS) is 17.2. The monoisotopic (exact) mass is 336 g/mol. The average Bonchev–Trinajstić information content (AvgIpc) is 2.91. The summed E-state index contributed by atoms with van der Waals surface area (Å²) in [6, 6.07) is 0. The third-order valence-electron chi connectivity index (χ3n) is 4.18. The summed E-state index contributed by atoms with van der Waals surface area (Å²) in [5.41, 5.74) is 0.987. The van der Waals surface area contributed by atoms with Gasteiger partial charge in [0.2, 0.25) is 0 Å². The molecular formula is C16H20N2O4S. The molecule has 0 N–H and O–H groups in total. The second-order valence-corrected chi connectivity index (χ2v) is 6.89. The van der Waals surface area contributed by atoms with Crippen molar-refractivity contribution in [3.63, 3.8) is 0 Å². The summed E-state index contributed by atoms with van der Waals surface area (Å²) >= 11 is 1.60. The van der Waals surface area contributed by atoms with Crippen LogP contribution in [0.3, 0.4) is 0 Å². The van der Waals surface area contributed by atoms with Crippen LogP contribution in [0.5, 0.6) is 0 Å². The van der Waals surface area contributed by atoms with Crippen LogP contribution in [0.1, 0.15) is 36.1 Å². The van der Waals surface area contributed by atoms with Crippen LogP contribution < -0.4 is 5.56 Å². The lowest BCUT2D eigenvalue weighted by Crippen LogP contribution is -2.26. The van der Waals surface area contributed by atoms with E-state index in [1.807, 2.05) is 0 Å². The van der Waals surface area contributed by atoms with Crippen LogP contribution in [-0.2, 0) is 27.2 Å². The molecule has 2 aromatic heterocycles. The second-order valence-electron chi connectivity index (χ2n) is 5.80. The van der Waals surface area contributed by atoms with Crippen LogP contribution in [0.4, 0.5) is 0 Å². The molecule has 7 heteroatoms. The van der Waals surface area contributed by atoms with Crippen molar-refractivity contribution in [3.8, 4) is 0 Å². The molecule has 0 amide bonds. The Morgan fingerprint density at radius 2 is 2.30 bits per heavy atom. The van der Waals surface area contributed by atoms with Gasteiger partial charge in [-0.3, -0.25) is 14.2 Å². The molecule has 0 aliphatic heterocycles. The summed E-state index contributed by atoms with van der Waals surface area (Å²) in [5.74, 6) is -0.0889. The van der Waals surface area contributed by atoms with Crippen LogP contribution >= 0.6 is 11.3 Å². The van der Waals surface area contributed by atoms with Crippen LogP contribution in [0.2, 0.25) is 0 Å². The third kappa shape index (κ3) is 3.16. The van der Waals surface area contributed by atoms with Gasteiger partial charge < -0.3 is 9.47 Å². The summed E-state index contributed by atoms with van der Waals surface area (Å²) < 4.78 is 11.2. The van der Waals surface area contributed by atoms with E-state index < -0.39 is 5.97 Å². The average molecular weight is 336 g/mol. The largest absolute Gasteiger partial charge is 0.462 e. The van der Waals surface area contributed by atoms with Gasteiger partial charge in [0.15, 0.2) is 0 Å². The predicted octanol–water partition coefficient (Wildman–Crippen LogP) is 2.09. The molecule has 0 saturated carbocycles. The van der Waals surface area contributed by atoms with Crippen molar-refractivity contribution in [1.82, 2.24) is 9.55 Å². The molecule has 0 bridgehead atoms. The molecule has 1 aliphatic carbocycles. The highest BCUT2D eigenvalue weighted by atomic mass is 32.1. The molecule has 2 heterocycles. The number of carbonyl (C=O) groups excluding carboxylic acids is 1. The lowest BCUT2D eigenvalue weighted by atomic mass is 9.88. The van der Waals surface area contributed by atoms with Gasteiger partial charge >= 0.3 is 5.97 Å². The Kier molecular flexibility index (Phi) is 4.77. The molecule has 0 fully saturated rings. The van der Waals surface area contributed by atoms with E-state index in [1.54, 1.807) is 11.3 Å². The highest BCUT2D eigenvalue weighted by Gasteiger charge is 2.25. The molecule has 0 radical (unpaired) electrons. The van der Waals surface area contributed by atoms with Crippen molar-refractivity contribution >= 4 is 27.5 Å². The SMILES string of the molecule is COCCOC(=O)Cn1cnc2sc3c(c2c1=O)C(C)CCC3. The number of ether oxygens (including phenoxy) is 2. The van der Waals surface area contributed by atoms with E-state index in [-0.39, 0.29) is 18.7 Å². The zero-order valence-electron chi connectivity index (χ0n) is 13.3. The van der Waals surface area contributed by atoms with Crippen molar-refractivity contribution in [1.29, 1.82) is 0 Å². The summed E-state index contributed by atoms with van der Waals surface area (Å²) in [4.78, 5) is 31.0. The topological polar surface area (TPSA) is 70.4 Å². The molecule has 1 unspecified atom stereocenters. The maximum Gasteiger partial charge on any atom is 0.326 e. The molecule has 124 valence electrons. The molecule has 1 atom stereocenters. The fourth-order valence-corrected chi connectivity index (χ4v) is 4.34. The minimum absolute atomic E-state index is 0.121. The first-order valence-corrected chi connectivity index (χ1v) is 8.58. The van der Waals surface area contributed by atoms with Gasteiger partial charge in [-0.15, -0.1) is 11.3 Å². The highest BCUT2D eigenvalue weighted by Crippen LogP contribution is 2.39. The third-order valence-corrected chi connectivity index (χ3v) is 5.35. The van der Waals surface area contributed by atoms with Crippen LogP contribution in [0.25, 0.3) is 10.2 Å². The molecule has 1 aliphatic rings. The number of fused-ring (bicyclic) bond motifs is 3. The Hall–Kier alpha value is -1.73.